The van der Waals surface area contributed by atoms with Crippen molar-refractivity contribution in [1.29, 1.82) is 0 Å². The standard InChI is InChI=1S/C20H18N2O6.2C2H7NO/c23-17-15(16(19(26)27)21-20(28)22-17)4-2-1-3-11-5-6-13-10-14(18(24)25)8-7-12(13)9-11;2*3-1-2-4/h5-10H,1-4H2,(H,24,25)(H,26,27)(H2,21,22,23,28);2*4H,1-3H2. The lowest BCUT2D eigenvalue weighted by atomic mass is 10.00. The Balaban J connectivity index is 0.000000709. The number of fused-ring (bicyclic) bond motifs is 1. The number of rotatable bonds is 9. The van der Waals surface area contributed by atoms with E-state index in [9.17, 15) is 19.2 Å². The van der Waals surface area contributed by atoms with Crippen LogP contribution in [-0.2, 0) is 12.8 Å². The van der Waals surface area contributed by atoms with E-state index in [-0.39, 0.29) is 36.5 Å². The second-order valence-electron chi connectivity index (χ2n) is 7.50. The van der Waals surface area contributed by atoms with E-state index in [0.29, 0.717) is 19.5 Å². The van der Waals surface area contributed by atoms with Gasteiger partial charge in [0.1, 0.15) is 5.69 Å². The molecule has 0 saturated heterocycles. The highest BCUT2D eigenvalue weighted by molar-refractivity contribution is 5.94. The van der Waals surface area contributed by atoms with E-state index in [1.165, 1.54) is 0 Å². The number of aryl methyl sites for hydroxylation is 1. The Morgan fingerprint density at radius 2 is 1.33 bits per heavy atom. The first kappa shape index (κ1) is 30.2. The fourth-order valence-corrected chi connectivity index (χ4v) is 3.15. The van der Waals surface area contributed by atoms with Gasteiger partial charge >= 0.3 is 17.6 Å². The largest absolute Gasteiger partial charge is 0.478 e. The highest BCUT2D eigenvalue weighted by atomic mass is 16.4. The Hall–Kier alpha value is -3.84. The highest BCUT2D eigenvalue weighted by Crippen LogP contribution is 2.19. The summed E-state index contributed by atoms with van der Waals surface area (Å²) in [6, 6.07) is 10.7. The van der Waals surface area contributed by atoms with Gasteiger partial charge in [0, 0.05) is 18.7 Å². The van der Waals surface area contributed by atoms with Crippen LogP contribution in [0.1, 0.15) is 44.8 Å². The van der Waals surface area contributed by atoms with Crippen molar-refractivity contribution in [3.05, 3.63) is 79.6 Å². The smallest absolute Gasteiger partial charge is 0.352 e. The van der Waals surface area contributed by atoms with Crippen LogP contribution >= 0.6 is 0 Å². The number of nitrogens with two attached hydrogens (primary N) is 2. The van der Waals surface area contributed by atoms with Crippen LogP contribution in [-0.4, -0.2) is 68.6 Å². The third-order valence-electron chi connectivity index (χ3n) is 4.81. The molecule has 12 nitrogen and oxygen atoms in total. The van der Waals surface area contributed by atoms with Crippen molar-refractivity contribution >= 4 is 22.7 Å². The molecular formula is C24H32N4O8. The van der Waals surface area contributed by atoms with E-state index in [1.54, 1.807) is 18.2 Å². The van der Waals surface area contributed by atoms with Gasteiger partial charge in [-0.1, -0.05) is 24.3 Å². The molecule has 0 atom stereocenters. The van der Waals surface area contributed by atoms with Gasteiger partial charge in [-0.3, -0.25) is 9.78 Å². The number of benzene rings is 2. The number of carbonyl (C=O) groups is 2. The van der Waals surface area contributed by atoms with Gasteiger partial charge in [-0.2, -0.15) is 0 Å². The van der Waals surface area contributed by atoms with Crippen molar-refractivity contribution in [2.24, 2.45) is 11.5 Å². The first-order chi connectivity index (χ1) is 17.2. The summed E-state index contributed by atoms with van der Waals surface area (Å²) < 4.78 is 0. The predicted molar refractivity (Wildman–Crippen MR) is 134 cm³/mol. The fourth-order valence-electron chi connectivity index (χ4n) is 3.15. The molecule has 0 saturated carbocycles. The van der Waals surface area contributed by atoms with E-state index >= 15 is 0 Å². The molecule has 0 unspecified atom stereocenters. The van der Waals surface area contributed by atoms with E-state index in [4.69, 9.17) is 31.9 Å². The van der Waals surface area contributed by atoms with Crippen molar-refractivity contribution in [1.82, 2.24) is 9.97 Å². The van der Waals surface area contributed by atoms with Crippen LogP contribution in [0.3, 0.4) is 0 Å². The first-order valence-electron chi connectivity index (χ1n) is 11.1. The van der Waals surface area contributed by atoms with E-state index < -0.39 is 23.2 Å². The van der Waals surface area contributed by atoms with Gasteiger partial charge in [-0.25, -0.2) is 14.4 Å². The molecule has 0 aliphatic heterocycles. The second-order valence-corrected chi connectivity index (χ2v) is 7.50. The number of hydrogen-bond acceptors (Lipinski definition) is 8. The summed E-state index contributed by atoms with van der Waals surface area (Å²) in [5, 5.41) is 35.5. The molecular weight excluding hydrogens is 472 g/mol. The van der Waals surface area contributed by atoms with Crippen molar-refractivity contribution in [2.45, 2.75) is 25.7 Å². The summed E-state index contributed by atoms with van der Waals surface area (Å²) in [4.78, 5) is 49.6. The molecule has 0 aliphatic rings. The van der Waals surface area contributed by atoms with E-state index in [0.717, 1.165) is 29.2 Å². The van der Waals surface area contributed by atoms with Gasteiger partial charge in [-0.05, 0) is 54.2 Å². The van der Waals surface area contributed by atoms with E-state index in [2.05, 4.69) is 9.97 Å². The van der Waals surface area contributed by atoms with Crippen LogP contribution < -0.4 is 22.7 Å². The molecule has 10 N–H and O–H groups in total. The topological polar surface area (TPSA) is 233 Å². The van der Waals surface area contributed by atoms with Crippen LogP contribution in [0, 0.1) is 0 Å². The van der Waals surface area contributed by atoms with Crippen LogP contribution in [0.25, 0.3) is 10.8 Å². The lowest BCUT2D eigenvalue weighted by Gasteiger charge is -2.06. The minimum absolute atomic E-state index is 0.0619. The molecule has 3 aromatic rings. The summed E-state index contributed by atoms with van der Waals surface area (Å²) in [6.07, 6.45) is 2.26. The van der Waals surface area contributed by atoms with Gasteiger partial charge in [0.15, 0.2) is 0 Å². The number of unbranched alkanes of at least 4 members (excludes halogenated alkanes) is 1. The third kappa shape index (κ3) is 9.80. The zero-order valence-corrected chi connectivity index (χ0v) is 19.7. The van der Waals surface area contributed by atoms with Gasteiger partial charge in [0.05, 0.1) is 18.8 Å². The minimum atomic E-state index is -1.34. The lowest BCUT2D eigenvalue weighted by molar-refractivity contribution is 0.0681. The first-order valence-corrected chi connectivity index (χ1v) is 11.1. The number of H-pyrrole nitrogens is 2. The summed E-state index contributed by atoms with van der Waals surface area (Å²) >= 11 is 0. The zero-order valence-electron chi connectivity index (χ0n) is 19.7. The fraction of sp³-hybridized carbons (Fsp3) is 0.333. The maximum absolute atomic E-state index is 11.9. The SMILES string of the molecule is NCCO.NCCO.O=C(O)c1ccc2cc(CCCCc3c(C(=O)O)[nH]c(=O)[nH]c3=O)ccc2c1. The average molecular weight is 505 g/mol. The third-order valence-corrected chi connectivity index (χ3v) is 4.81. The van der Waals surface area contributed by atoms with Gasteiger partial charge in [0.2, 0.25) is 0 Å². The van der Waals surface area contributed by atoms with Gasteiger partial charge < -0.3 is 36.9 Å². The molecule has 12 heteroatoms. The Bertz CT molecular complexity index is 1240. The molecule has 3 rings (SSSR count). The Morgan fingerprint density at radius 3 is 1.89 bits per heavy atom. The molecule has 0 bridgehead atoms. The number of aromatic carboxylic acids is 2. The molecule has 36 heavy (non-hydrogen) atoms. The number of aliphatic hydroxyl groups excluding tert-OH is 2. The Morgan fingerprint density at radius 1 is 0.778 bits per heavy atom. The maximum atomic E-state index is 11.9. The molecule has 1 heterocycles. The second kappa shape index (κ2) is 15.9. The Labute approximate surface area is 206 Å². The summed E-state index contributed by atoms with van der Waals surface area (Å²) in [6.45, 7) is 0.944. The summed E-state index contributed by atoms with van der Waals surface area (Å²) in [5.74, 6) is -2.31. The molecule has 196 valence electrons. The quantitative estimate of drug-likeness (QED) is 0.182. The number of carboxylic acids is 2. The highest BCUT2D eigenvalue weighted by Gasteiger charge is 2.15. The molecule has 2 aromatic carbocycles. The van der Waals surface area contributed by atoms with Crippen molar-refractivity contribution in [3.8, 4) is 0 Å². The van der Waals surface area contributed by atoms with Gasteiger partial charge in [0.25, 0.3) is 5.56 Å². The van der Waals surface area contributed by atoms with E-state index in [1.807, 2.05) is 18.2 Å². The average Bonchev–Trinajstić information content (AvgIpc) is 2.87. The number of carboxylic acid groups (broad SMARTS) is 2. The van der Waals surface area contributed by atoms with Crippen LogP contribution in [0.15, 0.2) is 46.0 Å². The molecule has 0 fully saturated rings. The maximum Gasteiger partial charge on any atom is 0.352 e. The zero-order chi connectivity index (χ0) is 27.1. The Kier molecular flexibility index (Phi) is 13.4. The predicted octanol–water partition coefficient (Wildman–Crippen LogP) is 0.0530. The molecule has 0 aliphatic carbocycles. The summed E-state index contributed by atoms with van der Waals surface area (Å²) in [5.41, 5.74) is 9.03. The normalized spacial score (nSPS) is 10.1. The number of aromatic amines is 2. The van der Waals surface area contributed by atoms with Crippen molar-refractivity contribution in [3.63, 3.8) is 0 Å². The summed E-state index contributed by atoms with van der Waals surface area (Å²) in [7, 11) is 0. The lowest BCUT2D eigenvalue weighted by Crippen LogP contribution is -2.30. The minimum Gasteiger partial charge on any atom is -0.478 e. The molecule has 0 radical (unpaired) electrons. The number of nitrogens with one attached hydrogen (secondary N) is 2. The van der Waals surface area contributed by atoms with Crippen LogP contribution in [0.5, 0.6) is 0 Å². The van der Waals surface area contributed by atoms with Crippen LogP contribution in [0.2, 0.25) is 0 Å². The monoisotopic (exact) mass is 504 g/mol. The van der Waals surface area contributed by atoms with Crippen molar-refractivity contribution < 1.29 is 30.0 Å². The van der Waals surface area contributed by atoms with Gasteiger partial charge in [-0.15, -0.1) is 0 Å². The van der Waals surface area contributed by atoms with Crippen LogP contribution in [0.4, 0.5) is 0 Å². The molecule has 0 spiro atoms. The van der Waals surface area contributed by atoms with Crippen molar-refractivity contribution in [2.75, 3.05) is 26.3 Å². The molecule has 0 amide bonds. The molecule has 1 aromatic heterocycles. The number of aliphatic hydroxyl groups is 2. The number of aromatic nitrogens is 2. The number of hydrogen-bond donors (Lipinski definition) is 8.